The molecule has 21 heavy (non-hydrogen) atoms. The van der Waals surface area contributed by atoms with Crippen LogP contribution in [0.5, 0.6) is 0 Å². The first-order valence-corrected chi connectivity index (χ1v) is 7.69. The number of hydrogen-bond donors (Lipinski definition) is 2. The zero-order valence-corrected chi connectivity index (χ0v) is 13.0. The lowest BCUT2D eigenvalue weighted by atomic mass is 10.1. The van der Waals surface area contributed by atoms with E-state index >= 15 is 0 Å². The van der Waals surface area contributed by atoms with E-state index in [2.05, 4.69) is 17.3 Å². The number of hydrogen-bond acceptors (Lipinski definition) is 4. The zero-order chi connectivity index (χ0) is 14.8. The van der Waals surface area contributed by atoms with E-state index < -0.39 is 0 Å². The van der Waals surface area contributed by atoms with Crippen LogP contribution in [0.1, 0.15) is 18.4 Å². The highest BCUT2D eigenvalue weighted by Crippen LogP contribution is 2.22. The Morgan fingerprint density at radius 1 is 1.43 bits per heavy atom. The number of thiocarbonyl (C=S) groups is 1. The molecule has 2 heterocycles. The predicted molar refractivity (Wildman–Crippen MR) is 91.8 cm³/mol. The summed E-state index contributed by atoms with van der Waals surface area (Å²) in [6, 6.07) is 10.4. The van der Waals surface area contributed by atoms with Crippen LogP contribution < -0.4 is 11.1 Å². The second kappa shape index (κ2) is 5.95. The van der Waals surface area contributed by atoms with Crippen molar-refractivity contribution in [3.8, 4) is 0 Å². The number of benzene rings is 1. The lowest BCUT2D eigenvalue weighted by Gasteiger charge is -2.30. The minimum Gasteiger partial charge on any atom is -0.389 e. The van der Waals surface area contributed by atoms with Crippen LogP contribution in [-0.4, -0.2) is 41.1 Å². The smallest absolute Gasteiger partial charge is 0.127 e. The van der Waals surface area contributed by atoms with Crippen molar-refractivity contribution in [2.24, 2.45) is 5.73 Å². The van der Waals surface area contributed by atoms with Crippen LogP contribution in [0.2, 0.25) is 0 Å². The van der Waals surface area contributed by atoms with Gasteiger partial charge < -0.3 is 16.0 Å². The van der Waals surface area contributed by atoms with E-state index in [9.17, 15) is 0 Å². The molecule has 1 unspecified atom stereocenters. The Kier molecular flexibility index (Phi) is 4.03. The first kappa shape index (κ1) is 14.2. The number of nitrogens with zero attached hydrogens (tertiary/aromatic N) is 2. The van der Waals surface area contributed by atoms with Gasteiger partial charge in [-0.15, -0.1) is 0 Å². The van der Waals surface area contributed by atoms with Crippen LogP contribution in [0.4, 0.5) is 5.82 Å². The van der Waals surface area contributed by atoms with E-state index in [-0.39, 0.29) is 0 Å². The molecular weight excluding hydrogens is 280 g/mol. The maximum atomic E-state index is 5.87. The van der Waals surface area contributed by atoms with Crippen LogP contribution in [0, 0.1) is 0 Å². The lowest BCUT2D eigenvalue weighted by molar-refractivity contribution is 0.261. The number of rotatable bonds is 3. The minimum absolute atomic E-state index is 0.414. The van der Waals surface area contributed by atoms with E-state index in [1.165, 1.54) is 19.4 Å². The summed E-state index contributed by atoms with van der Waals surface area (Å²) in [5.41, 5.74) is 7.69. The SMILES string of the molecule is CN1CCCC(Nc2cc(C(N)=S)c3ccccc3n2)C1. The van der Waals surface area contributed by atoms with Crippen LogP contribution in [-0.2, 0) is 0 Å². The van der Waals surface area contributed by atoms with Gasteiger partial charge in [0.05, 0.1) is 5.52 Å². The number of aromatic nitrogens is 1. The standard InChI is InChI=1S/C16H20N4S/c1-20-8-4-5-11(10-20)18-15-9-13(16(17)21)12-6-2-3-7-14(12)19-15/h2-3,6-7,9,11H,4-5,8,10H2,1H3,(H2,17,21)(H,18,19). The number of piperidine rings is 1. The molecule has 110 valence electrons. The lowest BCUT2D eigenvalue weighted by Crippen LogP contribution is -2.39. The fraction of sp³-hybridized carbons (Fsp3) is 0.375. The second-order valence-electron chi connectivity index (χ2n) is 5.68. The van der Waals surface area contributed by atoms with Gasteiger partial charge in [0.2, 0.25) is 0 Å². The Bertz CT molecular complexity index is 670. The largest absolute Gasteiger partial charge is 0.389 e. The van der Waals surface area contributed by atoms with Crippen molar-refractivity contribution in [2.75, 3.05) is 25.5 Å². The third-order valence-electron chi connectivity index (χ3n) is 3.96. The third-order valence-corrected chi connectivity index (χ3v) is 4.18. The van der Waals surface area contributed by atoms with Crippen LogP contribution in [0.25, 0.3) is 10.9 Å². The van der Waals surface area contributed by atoms with Gasteiger partial charge in [-0.2, -0.15) is 0 Å². The first-order chi connectivity index (χ1) is 10.1. The number of nitrogens with one attached hydrogen (secondary N) is 1. The molecule has 0 amide bonds. The molecule has 0 radical (unpaired) electrons. The zero-order valence-electron chi connectivity index (χ0n) is 12.2. The number of fused-ring (bicyclic) bond motifs is 1. The molecule has 1 fully saturated rings. The highest BCUT2D eigenvalue weighted by atomic mass is 32.1. The molecule has 1 aromatic heterocycles. The quantitative estimate of drug-likeness (QED) is 0.852. The molecule has 5 heteroatoms. The summed E-state index contributed by atoms with van der Waals surface area (Å²) in [6.07, 6.45) is 2.38. The minimum atomic E-state index is 0.414. The third kappa shape index (κ3) is 3.14. The Labute approximate surface area is 130 Å². The molecule has 0 aliphatic carbocycles. The van der Waals surface area contributed by atoms with Crippen molar-refractivity contribution in [2.45, 2.75) is 18.9 Å². The maximum Gasteiger partial charge on any atom is 0.127 e. The van der Waals surface area contributed by atoms with E-state index in [0.717, 1.165) is 28.8 Å². The molecule has 0 bridgehead atoms. The van der Waals surface area contributed by atoms with Gasteiger partial charge in [0.15, 0.2) is 0 Å². The molecule has 3 N–H and O–H groups in total. The van der Waals surface area contributed by atoms with Crippen molar-refractivity contribution in [3.63, 3.8) is 0 Å². The second-order valence-corrected chi connectivity index (χ2v) is 6.12. The fourth-order valence-electron chi connectivity index (χ4n) is 2.95. The molecule has 0 spiro atoms. The fourth-order valence-corrected chi connectivity index (χ4v) is 3.12. The van der Waals surface area contributed by atoms with Crippen molar-refractivity contribution < 1.29 is 0 Å². The van der Waals surface area contributed by atoms with Gasteiger partial charge in [-0.3, -0.25) is 0 Å². The monoisotopic (exact) mass is 300 g/mol. The Morgan fingerprint density at radius 2 is 2.24 bits per heavy atom. The van der Waals surface area contributed by atoms with Crippen LogP contribution in [0.3, 0.4) is 0 Å². The van der Waals surface area contributed by atoms with Gasteiger partial charge in [-0.1, -0.05) is 30.4 Å². The Balaban J connectivity index is 1.93. The molecule has 1 saturated heterocycles. The molecule has 0 saturated carbocycles. The van der Waals surface area contributed by atoms with Gasteiger partial charge in [0.1, 0.15) is 10.8 Å². The van der Waals surface area contributed by atoms with Crippen LogP contribution >= 0.6 is 12.2 Å². The summed E-state index contributed by atoms with van der Waals surface area (Å²) >= 11 is 5.19. The van der Waals surface area contributed by atoms with Gasteiger partial charge >= 0.3 is 0 Å². The number of para-hydroxylation sites is 1. The highest BCUT2D eigenvalue weighted by Gasteiger charge is 2.18. The molecule has 1 aromatic carbocycles. The van der Waals surface area contributed by atoms with Crippen molar-refractivity contribution in [3.05, 3.63) is 35.9 Å². The number of likely N-dealkylation sites (tertiary alicyclic amines) is 1. The molecule has 1 aliphatic rings. The number of pyridine rings is 1. The van der Waals surface area contributed by atoms with Gasteiger partial charge in [-0.25, -0.2) is 4.98 Å². The predicted octanol–water partition coefficient (Wildman–Crippen LogP) is 2.38. The average molecular weight is 300 g/mol. The summed E-state index contributed by atoms with van der Waals surface area (Å²) in [5, 5.41) is 4.54. The summed E-state index contributed by atoms with van der Waals surface area (Å²) in [6.45, 7) is 2.21. The summed E-state index contributed by atoms with van der Waals surface area (Å²) in [5.74, 6) is 0.858. The normalized spacial score (nSPS) is 19.6. The van der Waals surface area contributed by atoms with E-state index in [1.54, 1.807) is 0 Å². The molecule has 1 atom stereocenters. The Hall–Kier alpha value is -1.72. The number of likely N-dealkylation sites (N-methyl/N-ethyl adjacent to an activating group) is 1. The molecule has 2 aromatic rings. The maximum absolute atomic E-state index is 5.87. The van der Waals surface area contributed by atoms with Crippen LogP contribution in [0.15, 0.2) is 30.3 Å². The molecule has 3 rings (SSSR count). The van der Waals surface area contributed by atoms with E-state index in [4.69, 9.17) is 22.9 Å². The van der Waals surface area contributed by atoms with Gasteiger partial charge in [-0.05, 0) is 38.6 Å². The number of anilines is 1. The average Bonchev–Trinajstić information content (AvgIpc) is 2.46. The van der Waals surface area contributed by atoms with Crippen molar-refractivity contribution in [1.82, 2.24) is 9.88 Å². The first-order valence-electron chi connectivity index (χ1n) is 7.28. The van der Waals surface area contributed by atoms with Gasteiger partial charge in [0, 0.05) is 23.5 Å². The topological polar surface area (TPSA) is 54.2 Å². The van der Waals surface area contributed by atoms with E-state index in [1.807, 2.05) is 30.3 Å². The summed E-state index contributed by atoms with van der Waals surface area (Å²) in [4.78, 5) is 7.45. The highest BCUT2D eigenvalue weighted by molar-refractivity contribution is 7.80. The van der Waals surface area contributed by atoms with E-state index in [0.29, 0.717) is 11.0 Å². The molecular formula is C16H20N4S. The summed E-state index contributed by atoms with van der Waals surface area (Å²) < 4.78 is 0. The number of nitrogens with two attached hydrogens (primary N) is 1. The van der Waals surface area contributed by atoms with Crippen molar-refractivity contribution in [1.29, 1.82) is 0 Å². The van der Waals surface area contributed by atoms with Gasteiger partial charge in [0.25, 0.3) is 0 Å². The summed E-state index contributed by atoms with van der Waals surface area (Å²) in [7, 11) is 2.15. The Morgan fingerprint density at radius 3 is 3.00 bits per heavy atom. The molecule has 1 aliphatic heterocycles. The molecule has 4 nitrogen and oxygen atoms in total. The van der Waals surface area contributed by atoms with Crippen molar-refractivity contribution >= 4 is 33.9 Å².